The summed E-state index contributed by atoms with van der Waals surface area (Å²) in [5.74, 6) is 1.98. The molecule has 2 N–H and O–H groups in total. The minimum atomic E-state index is 0.0120. The summed E-state index contributed by atoms with van der Waals surface area (Å²) in [5.41, 5.74) is 1.92. The molecule has 2 aromatic rings. The first-order chi connectivity index (χ1) is 14.2. The molecule has 1 amide bonds. The predicted octanol–water partition coefficient (Wildman–Crippen LogP) is 2.88. The smallest absolute Gasteiger partial charge is 0.242 e. The van der Waals surface area contributed by atoms with Crippen molar-refractivity contribution in [3.63, 3.8) is 0 Å². The molecule has 154 valence electrons. The summed E-state index contributed by atoms with van der Waals surface area (Å²) in [6.07, 6.45) is 0.861. The highest BCUT2D eigenvalue weighted by Crippen LogP contribution is 2.32. The summed E-state index contributed by atoms with van der Waals surface area (Å²) >= 11 is 0. The molecule has 0 aromatic heterocycles. The zero-order valence-corrected chi connectivity index (χ0v) is 17.0. The van der Waals surface area contributed by atoms with Crippen LogP contribution in [0.4, 0.5) is 5.69 Å². The largest absolute Gasteiger partial charge is 0.490 e. The SMILES string of the molecule is CCN(Cc1ccccc1)C(=O)CNC(=NC)Nc1ccc2c(c1)OCCCO2. The number of hydrogen-bond donors (Lipinski definition) is 2. The van der Waals surface area contributed by atoms with Crippen molar-refractivity contribution in [3.05, 3.63) is 54.1 Å². The van der Waals surface area contributed by atoms with Gasteiger partial charge >= 0.3 is 0 Å². The fourth-order valence-corrected chi connectivity index (χ4v) is 3.01. The molecule has 1 aliphatic heterocycles. The lowest BCUT2D eigenvalue weighted by Crippen LogP contribution is -2.41. The number of anilines is 1. The molecule has 0 atom stereocenters. The number of nitrogens with zero attached hydrogens (tertiary/aromatic N) is 2. The summed E-state index contributed by atoms with van der Waals surface area (Å²) in [5, 5.41) is 6.28. The number of fused-ring (bicyclic) bond motifs is 1. The monoisotopic (exact) mass is 396 g/mol. The molecule has 0 spiro atoms. The van der Waals surface area contributed by atoms with Crippen LogP contribution in [-0.4, -0.2) is 50.1 Å². The number of hydrogen-bond acceptors (Lipinski definition) is 4. The quantitative estimate of drug-likeness (QED) is 0.580. The van der Waals surface area contributed by atoms with Gasteiger partial charge in [-0.2, -0.15) is 0 Å². The Bertz CT molecular complexity index is 839. The van der Waals surface area contributed by atoms with Gasteiger partial charge in [0.05, 0.1) is 19.8 Å². The van der Waals surface area contributed by atoms with Crippen LogP contribution in [0.15, 0.2) is 53.5 Å². The first kappa shape index (κ1) is 20.5. The van der Waals surface area contributed by atoms with Gasteiger partial charge in [-0.1, -0.05) is 30.3 Å². The molecule has 0 bridgehead atoms. The molecule has 1 aliphatic rings. The van der Waals surface area contributed by atoms with Crippen molar-refractivity contribution < 1.29 is 14.3 Å². The van der Waals surface area contributed by atoms with E-state index in [0.29, 0.717) is 38.0 Å². The van der Waals surface area contributed by atoms with Crippen LogP contribution in [0.5, 0.6) is 11.5 Å². The Morgan fingerprint density at radius 3 is 2.59 bits per heavy atom. The van der Waals surface area contributed by atoms with Crippen molar-refractivity contribution >= 4 is 17.6 Å². The van der Waals surface area contributed by atoms with E-state index in [4.69, 9.17) is 9.47 Å². The maximum Gasteiger partial charge on any atom is 0.242 e. The summed E-state index contributed by atoms with van der Waals surface area (Å²) in [6, 6.07) is 15.6. The lowest BCUT2D eigenvalue weighted by atomic mass is 10.2. The van der Waals surface area contributed by atoms with Crippen LogP contribution in [0, 0.1) is 0 Å². The first-order valence-electron chi connectivity index (χ1n) is 9.88. The molecule has 7 heteroatoms. The van der Waals surface area contributed by atoms with Gasteiger partial charge in [0.1, 0.15) is 0 Å². The van der Waals surface area contributed by atoms with Gasteiger partial charge in [-0.05, 0) is 24.6 Å². The van der Waals surface area contributed by atoms with Crippen LogP contribution in [0.2, 0.25) is 0 Å². The minimum Gasteiger partial charge on any atom is -0.490 e. The van der Waals surface area contributed by atoms with Crippen molar-refractivity contribution in [1.29, 1.82) is 0 Å². The van der Waals surface area contributed by atoms with Gasteiger partial charge in [0.15, 0.2) is 17.5 Å². The van der Waals surface area contributed by atoms with Crippen molar-refractivity contribution in [1.82, 2.24) is 10.2 Å². The van der Waals surface area contributed by atoms with Gasteiger partial charge in [0.25, 0.3) is 0 Å². The van der Waals surface area contributed by atoms with Gasteiger partial charge in [0, 0.05) is 38.3 Å². The number of aliphatic imine (C=N–C) groups is 1. The highest BCUT2D eigenvalue weighted by atomic mass is 16.5. The number of likely N-dealkylation sites (N-methyl/N-ethyl adjacent to an activating group) is 1. The molecule has 0 radical (unpaired) electrons. The van der Waals surface area contributed by atoms with Crippen molar-refractivity contribution in [2.75, 3.05) is 38.7 Å². The Morgan fingerprint density at radius 1 is 1.10 bits per heavy atom. The van der Waals surface area contributed by atoms with Crippen molar-refractivity contribution in [3.8, 4) is 11.5 Å². The van der Waals surface area contributed by atoms with E-state index < -0.39 is 0 Å². The lowest BCUT2D eigenvalue weighted by Gasteiger charge is -2.22. The number of benzene rings is 2. The number of guanidine groups is 1. The molecule has 3 rings (SSSR count). The van der Waals surface area contributed by atoms with Gasteiger partial charge in [-0.15, -0.1) is 0 Å². The first-order valence-corrected chi connectivity index (χ1v) is 9.88. The second-order valence-corrected chi connectivity index (χ2v) is 6.66. The Balaban J connectivity index is 1.56. The third kappa shape index (κ3) is 5.88. The van der Waals surface area contributed by atoms with E-state index in [1.54, 1.807) is 7.05 Å². The van der Waals surface area contributed by atoms with E-state index in [1.165, 1.54) is 0 Å². The normalized spacial score (nSPS) is 13.4. The van der Waals surface area contributed by atoms with Crippen LogP contribution < -0.4 is 20.1 Å². The molecule has 0 saturated carbocycles. The third-order valence-corrected chi connectivity index (χ3v) is 4.59. The van der Waals surface area contributed by atoms with E-state index in [0.717, 1.165) is 23.4 Å². The van der Waals surface area contributed by atoms with E-state index in [9.17, 15) is 4.79 Å². The van der Waals surface area contributed by atoms with Crippen LogP contribution in [0.25, 0.3) is 0 Å². The Kier molecular flexibility index (Phi) is 7.33. The van der Waals surface area contributed by atoms with Gasteiger partial charge in [-0.25, -0.2) is 0 Å². The molecule has 7 nitrogen and oxygen atoms in total. The van der Waals surface area contributed by atoms with Gasteiger partial charge in [0.2, 0.25) is 5.91 Å². The zero-order valence-electron chi connectivity index (χ0n) is 17.0. The summed E-state index contributed by atoms with van der Waals surface area (Å²) in [7, 11) is 1.67. The molecule has 1 heterocycles. The predicted molar refractivity (Wildman–Crippen MR) is 115 cm³/mol. The molecule has 0 fully saturated rings. The number of ether oxygens (including phenoxy) is 2. The van der Waals surface area contributed by atoms with Crippen molar-refractivity contribution in [2.45, 2.75) is 19.9 Å². The average Bonchev–Trinajstić information content (AvgIpc) is 3.00. The van der Waals surface area contributed by atoms with Crippen LogP contribution in [0.1, 0.15) is 18.9 Å². The van der Waals surface area contributed by atoms with E-state index in [1.807, 2.05) is 60.4 Å². The standard InChI is InChI=1S/C22H28N4O3/c1-3-26(16-17-8-5-4-6-9-17)21(27)15-24-22(23-2)25-18-10-11-19-20(14-18)29-13-7-12-28-19/h4-6,8-11,14H,3,7,12-13,15-16H2,1-2H3,(H2,23,24,25). The Labute approximate surface area is 171 Å². The molecule has 29 heavy (non-hydrogen) atoms. The number of amides is 1. The Morgan fingerprint density at radius 2 is 1.86 bits per heavy atom. The maximum atomic E-state index is 12.6. The fourth-order valence-electron chi connectivity index (χ4n) is 3.01. The average molecular weight is 396 g/mol. The molecular weight excluding hydrogens is 368 g/mol. The van der Waals surface area contributed by atoms with Crippen LogP contribution >= 0.6 is 0 Å². The number of carbonyl (C=O) groups excluding carboxylic acids is 1. The van der Waals surface area contributed by atoms with Crippen LogP contribution in [-0.2, 0) is 11.3 Å². The second kappa shape index (κ2) is 10.4. The molecule has 0 saturated heterocycles. The van der Waals surface area contributed by atoms with E-state index in [2.05, 4.69) is 15.6 Å². The van der Waals surface area contributed by atoms with Gasteiger partial charge in [-0.3, -0.25) is 9.79 Å². The number of nitrogens with one attached hydrogen (secondary N) is 2. The topological polar surface area (TPSA) is 75.2 Å². The minimum absolute atomic E-state index is 0.0120. The van der Waals surface area contributed by atoms with Crippen LogP contribution in [0.3, 0.4) is 0 Å². The summed E-state index contributed by atoms with van der Waals surface area (Å²) < 4.78 is 11.4. The lowest BCUT2D eigenvalue weighted by molar-refractivity contribution is -0.130. The third-order valence-electron chi connectivity index (χ3n) is 4.59. The Hall–Kier alpha value is -3.22. The van der Waals surface area contributed by atoms with Gasteiger partial charge < -0.3 is 25.0 Å². The maximum absolute atomic E-state index is 12.6. The molecule has 0 aliphatic carbocycles. The fraction of sp³-hybridized carbons (Fsp3) is 0.364. The molecular formula is C22H28N4O3. The second-order valence-electron chi connectivity index (χ2n) is 6.66. The molecule has 0 unspecified atom stereocenters. The summed E-state index contributed by atoms with van der Waals surface area (Å²) in [6.45, 7) is 4.65. The molecule has 2 aromatic carbocycles. The highest BCUT2D eigenvalue weighted by molar-refractivity contribution is 5.96. The van der Waals surface area contributed by atoms with E-state index >= 15 is 0 Å². The number of rotatable bonds is 6. The number of carbonyl (C=O) groups is 1. The zero-order chi connectivity index (χ0) is 20.5. The van der Waals surface area contributed by atoms with E-state index in [-0.39, 0.29) is 12.5 Å². The van der Waals surface area contributed by atoms with Crippen molar-refractivity contribution in [2.24, 2.45) is 4.99 Å². The highest BCUT2D eigenvalue weighted by Gasteiger charge is 2.14. The summed E-state index contributed by atoms with van der Waals surface area (Å²) in [4.78, 5) is 18.6.